The van der Waals surface area contributed by atoms with E-state index in [9.17, 15) is 0 Å². The van der Waals surface area contributed by atoms with Crippen LogP contribution in [0.3, 0.4) is 0 Å². The minimum Gasteiger partial charge on any atom is -0.382 e. The van der Waals surface area contributed by atoms with Crippen LogP contribution in [0.15, 0.2) is 122 Å². The number of nitrogens with one attached hydrogen (secondary N) is 1. The second-order valence-electron chi connectivity index (χ2n) is 9.35. The van der Waals surface area contributed by atoms with Gasteiger partial charge in [0.05, 0.1) is 0 Å². The Balaban J connectivity index is 0.000000246. The van der Waals surface area contributed by atoms with Gasteiger partial charge >= 0.3 is 0 Å². The van der Waals surface area contributed by atoms with Crippen LogP contribution in [-0.2, 0) is 0 Å². The average molecular weight is 452 g/mol. The normalized spacial score (nSPS) is 14.1. The van der Waals surface area contributed by atoms with Crippen molar-refractivity contribution < 1.29 is 0 Å². The van der Waals surface area contributed by atoms with E-state index in [1.54, 1.807) is 0 Å². The summed E-state index contributed by atoms with van der Waals surface area (Å²) in [5.41, 5.74) is 9.33. The molecule has 34 heavy (non-hydrogen) atoms. The zero-order valence-electron chi connectivity index (χ0n) is 21.5. The SMILES string of the molecule is C=C(C)CC(c1ccccc1)C(C)NC(=C)C(=C)C.C=C(C1=CCCC=C1)c1ccc(C)cc1. The number of aryl methyl sites for hydroxylation is 1. The predicted molar refractivity (Wildman–Crippen MR) is 152 cm³/mol. The third-order valence-corrected chi connectivity index (χ3v) is 6.06. The van der Waals surface area contributed by atoms with Crippen molar-refractivity contribution in [3.63, 3.8) is 0 Å². The lowest BCUT2D eigenvalue weighted by atomic mass is 9.87. The fourth-order valence-electron chi connectivity index (χ4n) is 3.92. The summed E-state index contributed by atoms with van der Waals surface area (Å²) >= 11 is 0. The van der Waals surface area contributed by atoms with Crippen LogP contribution in [-0.4, -0.2) is 6.04 Å². The van der Waals surface area contributed by atoms with Crippen LogP contribution < -0.4 is 5.32 Å². The first-order valence-corrected chi connectivity index (χ1v) is 12.1. The molecule has 0 amide bonds. The van der Waals surface area contributed by atoms with E-state index in [2.05, 4.69) is 119 Å². The van der Waals surface area contributed by atoms with E-state index in [-0.39, 0.29) is 0 Å². The van der Waals surface area contributed by atoms with Crippen LogP contribution in [0, 0.1) is 6.92 Å². The van der Waals surface area contributed by atoms with E-state index in [0.717, 1.165) is 36.1 Å². The topological polar surface area (TPSA) is 12.0 Å². The van der Waals surface area contributed by atoms with Gasteiger partial charge in [0.2, 0.25) is 0 Å². The van der Waals surface area contributed by atoms with Crippen molar-refractivity contribution in [2.75, 3.05) is 0 Å². The number of rotatable bonds is 9. The van der Waals surface area contributed by atoms with Crippen molar-refractivity contribution in [1.82, 2.24) is 5.32 Å². The van der Waals surface area contributed by atoms with Crippen molar-refractivity contribution in [3.8, 4) is 0 Å². The summed E-state index contributed by atoms with van der Waals surface area (Å²) in [4.78, 5) is 0. The molecule has 0 radical (unpaired) electrons. The third kappa shape index (κ3) is 8.56. The van der Waals surface area contributed by atoms with Gasteiger partial charge in [-0.05, 0) is 74.8 Å². The van der Waals surface area contributed by atoms with Gasteiger partial charge in [-0.3, -0.25) is 0 Å². The van der Waals surface area contributed by atoms with E-state index in [0.29, 0.717) is 12.0 Å². The Labute approximate surface area is 208 Å². The van der Waals surface area contributed by atoms with Gasteiger partial charge < -0.3 is 5.32 Å². The van der Waals surface area contributed by atoms with E-state index in [4.69, 9.17) is 0 Å². The van der Waals surface area contributed by atoms with Crippen LogP contribution in [0.2, 0.25) is 0 Å². The predicted octanol–water partition coefficient (Wildman–Crippen LogP) is 9.09. The van der Waals surface area contributed by atoms with E-state index < -0.39 is 0 Å². The molecule has 0 aromatic heterocycles. The highest BCUT2D eigenvalue weighted by Crippen LogP contribution is 2.27. The van der Waals surface area contributed by atoms with E-state index in [1.165, 1.54) is 27.8 Å². The lowest BCUT2D eigenvalue weighted by Gasteiger charge is -2.27. The zero-order chi connectivity index (χ0) is 25.1. The summed E-state index contributed by atoms with van der Waals surface area (Å²) in [5, 5.41) is 3.45. The molecule has 3 rings (SSSR count). The van der Waals surface area contributed by atoms with Gasteiger partial charge in [-0.1, -0.05) is 104 Å². The molecule has 0 saturated heterocycles. The molecule has 1 aliphatic carbocycles. The van der Waals surface area contributed by atoms with E-state index in [1.807, 2.05) is 13.0 Å². The van der Waals surface area contributed by atoms with Crippen LogP contribution in [0.25, 0.3) is 5.57 Å². The Morgan fingerprint density at radius 3 is 2.09 bits per heavy atom. The standard InChI is InChI=1S/C18H25N.C15H16/c1-13(2)12-18(17-10-8-7-9-11-17)16(6)19-15(5)14(3)4;1-12-8-10-15(11-9-12)13(2)14-6-4-3-5-7-14/h7-11,16,18-19H,1,3,5,12H2,2,4,6H3;4,6-11H,2-3,5H2,1H3. The van der Waals surface area contributed by atoms with E-state index >= 15 is 0 Å². The lowest BCUT2D eigenvalue weighted by molar-refractivity contribution is 0.496. The maximum atomic E-state index is 4.16. The maximum Gasteiger partial charge on any atom is 0.0304 e. The molecule has 0 heterocycles. The molecule has 1 N–H and O–H groups in total. The zero-order valence-corrected chi connectivity index (χ0v) is 21.5. The Hall–Kier alpha value is -3.32. The first-order chi connectivity index (χ1) is 16.2. The molecule has 2 atom stereocenters. The molecule has 2 unspecified atom stereocenters. The molecule has 0 aliphatic heterocycles. The van der Waals surface area contributed by atoms with Gasteiger partial charge in [-0.2, -0.15) is 0 Å². The summed E-state index contributed by atoms with van der Waals surface area (Å²) in [6.07, 6.45) is 9.92. The largest absolute Gasteiger partial charge is 0.382 e. The molecule has 1 nitrogen and oxygen atoms in total. The minimum atomic E-state index is 0.295. The average Bonchev–Trinajstić information content (AvgIpc) is 2.84. The van der Waals surface area contributed by atoms with Crippen molar-refractivity contribution in [2.45, 2.75) is 58.9 Å². The summed E-state index contributed by atoms with van der Waals surface area (Å²) in [5.74, 6) is 0.398. The quantitative estimate of drug-likeness (QED) is 0.296. The molecule has 0 bridgehead atoms. The molecular formula is C33H41N. The second-order valence-corrected chi connectivity index (χ2v) is 9.35. The highest BCUT2D eigenvalue weighted by atomic mass is 14.9. The highest BCUT2D eigenvalue weighted by molar-refractivity contribution is 5.80. The molecule has 0 saturated carbocycles. The van der Waals surface area contributed by atoms with Gasteiger partial charge in [0.25, 0.3) is 0 Å². The summed E-state index contributed by atoms with van der Waals surface area (Å²) in [6, 6.07) is 19.4. The van der Waals surface area contributed by atoms with Crippen LogP contribution in [0.4, 0.5) is 0 Å². The molecule has 0 spiro atoms. The Morgan fingerprint density at radius 1 is 0.912 bits per heavy atom. The van der Waals surface area contributed by atoms with Crippen molar-refractivity contribution >= 4 is 5.57 Å². The Bertz CT molecular complexity index is 1050. The van der Waals surface area contributed by atoms with Crippen LogP contribution in [0.1, 0.15) is 62.6 Å². The van der Waals surface area contributed by atoms with Gasteiger partial charge in [-0.25, -0.2) is 0 Å². The fraction of sp³-hybridized carbons (Fsp3) is 0.273. The smallest absolute Gasteiger partial charge is 0.0304 e. The minimum absolute atomic E-state index is 0.295. The summed E-state index contributed by atoms with van der Waals surface area (Å²) < 4.78 is 0. The third-order valence-electron chi connectivity index (χ3n) is 6.06. The molecule has 1 aliphatic rings. The molecule has 178 valence electrons. The Morgan fingerprint density at radius 2 is 1.56 bits per heavy atom. The second kappa shape index (κ2) is 13.4. The number of hydrogen-bond acceptors (Lipinski definition) is 1. The summed E-state index contributed by atoms with van der Waals surface area (Å²) in [7, 11) is 0. The fourth-order valence-corrected chi connectivity index (χ4v) is 3.92. The Kier molecular flexibility index (Phi) is 10.6. The van der Waals surface area contributed by atoms with Crippen LogP contribution >= 0.6 is 0 Å². The maximum absolute atomic E-state index is 4.16. The number of allylic oxidation sites excluding steroid dienone is 7. The first-order valence-electron chi connectivity index (χ1n) is 12.1. The number of hydrogen-bond donors (Lipinski definition) is 1. The highest BCUT2D eigenvalue weighted by Gasteiger charge is 2.19. The monoisotopic (exact) mass is 451 g/mol. The van der Waals surface area contributed by atoms with Crippen molar-refractivity contribution in [3.05, 3.63) is 138 Å². The number of benzene rings is 2. The van der Waals surface area contributed by atoms with Gasteiger partial charge in [0.1, 0.15) is 0 Å². The molecule has 1 heteroatoms. The molecule has 0 fully saturated rings. The molecule has 2 aromatic rings. The molecule has 2 aromatic carbocycles. The van der Waals surface area contributed by atoms with Gasteiger partial charge in [-0.15, -0.1) is 6.58 Å². The van der Waals surface area contributed by atoms with Gasteiger partial charge in [0.15, 0.2) is 0 Å². The molecular weight excluding hydrogens is 410 g/mol. The lowest BCUT2D eigenvalue weighted by Crippen LogP contribution is -2.31. The van der Waals surface area contributed by atoms with Crippen LogP contribution in [0.5, 0.6) is 0 Å². The first kappa shape index (κ1) is 26.9. The van der Waals surface area contributed by atoms with Gasteiger partial charge in [0, 0.05) is 17.7 Å². The summed E-state index contributed by atoms with van der Waals surface area (Å²) in [6.45, 7) is 24.5. The van der Waals surface area contributed by atoms with Crippen molar-refractivity contribution in [2.24, 2.45) is 0 Å². The van der Waals surface area contributed by atoms with Crippen molar-refractivity contribution in [1.29, 1.82) is 0 Å².